The number of hydrazine groups is 2. The van der Waals surface area contributed by atoms with Gasteiger partial charge in [-0.1, -0.05) is 13.8 Å². The van der Waals surface area contributed by atoms with Crippen LogP contribution in [0.2, 0.25) is 0 Å². The second-order valence-electron chi connectivity index (χ2n) is 14.2. The maximum absolute atomic E-state index is 13.6. The number of halogens is 5. The van der Waals surface area contributed by atoms with Gasteiger partial charge in [0.25, 0.3) is 0 Å². The molecule has 0 aromatic heterocycles. The van der Waals surface area contributed by atoms with Crippen molar-refractivity contribution >= 4 is 17.8 Å². The molecule has 1 unspecified atom stereocenters. The number of rotatable bonds is 31. The zero-order valence-electron chi connectivity index (χ0n) is 35.0. The van der Waals surface area contributed by atoms with Gasteiger partial charge in [-0.15, -0.1) is 0 Å². The largest absolute Gasteiger partial charge is 0.457 e. The number of hydrogen-bond acceptors (Lipinski definition) is 18. The van der Waals surface area contributed by atoms with E-state index in [2.05, 4.69) is 21.0 Å². The number of nitrogens with one attached hydrogen (secondary N) is 3. The number of aliphatic hydroxyl groups is 2. The molecule has 2 fully saturated rings. The van der Waals surface area contributed by atoms with Crippen molar-refractivity contribution in [1.82, 2.24) is 21.3 Å². The molecule has 1 aromatic rings. The fourth-order valence-electron chi connectivity index (χ4n) is 5.76. The summed E-state index contributed by atoms with van der Waals surface area (Å²) in [5.41, 5.74) is 6.33. The minimum Gasteiger partial charge on any atom is -0.457 e. The summed E-state index contributed by atoms with van der Waals surface area (Å²) < 4.78 is 121. The first kappa shape index (κ1) is 53.1. The Labute approximate surface area is 355 Å². The first-order chi connectivity index (χ1) is 29.7. The van der Waals surface area contributed by atoms with Gasteiger partial charge in [0, 0.05) is 32.7 Å². The van der Waals surface area contributed by atoms with Crippen LogP contribution in [-0.4, -0.2) is 175 Å². The maximum Gasteiger partial charge on any atom is 0.313 e. The van der Waals surface area contributed by atoms with E-state index in [4.69, 9.17) is 42.6 Å². The minimum absolute atomic E-state index is 0.0604. The first-order valence-electron chi connectivity index (χ1n) is 20.2. The summed E-state index contributed by atoms with van der Waals surface area (Å²) in [4.78, 5) is 36.0. The number of ether oxygens (including phenoxy) is 10. The summed E-state index contributed by atoms with van der Waals surface area (Å²) >= 11 is 0. The molecule has 2 aliphatic heterocycles. The topological polar surface area (TPSA) is 223 Å². The average Bonchev–Trinajstić information content (AvgIpc) is 3.70. The lowest BCUT2D eigenvalue weighted by atomic mass is 9.96. The third-order valence-corrected chi connectivity index (χ3v) is 9.00. The van der Waals surface area contributed by atoms with Gasteiger partial charge in [-0.25, -0.2) is 23.6 Å². The van der Waals surface area contributed by atoms with Gasteiger partial charge in [0.05, 0.1) is 98.2 Å². The van der Waals surface area contributed by atoms with Crippen LogP contribution in [0.25, 0.3) is 0 Å². The molecule has 6 atom stereocenters. The van der Waals surface area contributed by atoms with E-state index in [9.17, 15) is 46.5 Å². The molecule has 19 nitrogen and oxygen atoms in total. The van der Waals surface area contributed by atoms with Crippen LogP contribution < -0.4 is 21.0 Å². The number of amides is 1. The predicted octanol–water partition coefficient (Wildman–Crippen LogP) is 0.418. The first-order valence-corrected chi connectivity index (χ1v) is 20.2. The highest BCUT2D eigenvalue weighted by Crippen LogP contribution is 2.29. The molecule has 2 saturated heterocycles. The molecule has 0 saturated carbocycles. The molecular formula is C38H59F5N4O15. The smallest absolute Gasteiger partial charge is 0.313 e. The highest BCUT2D eigenvalue weighted by atomic mass is 19.2. The molecule has 0 bridgehead atoms. The van der Waals surface area contributed by atoms with E-state index in [0.717, 1.165) is 6.42 Å². The van der Waals surface area contributed by atoms with Gasteiger partial charge in [-0.3, -0.25) is 14.4 Å². The van der Waals surface area contributed by atoms with Crippen molar-refractivity contribution in [3.05, 3.63) is 29.1 Å². The Morgan fingerprint density at radius 3 is 1.82 bits per heavy atom. The van der Waals surface area contributed by atoms with E-state index in [-0.39, 0.29) is 45.7 Å². The SMILES string of the molecule is CC(=O)N[C@H]1[C@H](OCCCC2CN(CCOCCOCCOCCOCCOCCOCCC(=O)Oc3c(F)c(F)c(F)c(F)c3F)NN2)O[C@H](CO)[C@H](O)[C@@H]1OC(=O)C(C)C. The fraction of sp³-hybridized carbons (Fsp3) is 0.763. The molecule has 2 heterocycles. The molecule has 24 heteroatoms. The van der Waals surface area contributed by atoms with E-state index in [1.54, 1.807) is 13.8 Å². The summed E-state index contributed by atoms with van der Waals surface area (Å²) in [5, 5.41) is 25.1. The third-order valence-electron chi connectivity index (χ3n) is 9.00. The predicted molar refractivity (Wildman–Crippen MR) is 202 cm³/mol. The average molecular weight is 907 g/mol. The minimum atomic E-state index is -2.36. The van der Waals surface area contributed by atoms with E-state index in [0.29, 0.717) is 65.8 Å². The summed E-state index contributed by atoms with van der Waals surface area (Å²) in [6.07, 6.45) is -3.83. The van der Waals surface area contributed by atoms with Crippen LogP contribution in [0.5, 0.6) is 5.75 Å². The maximum atomic E-state index is 13.6. The summed E-state index contributed by atoms with van der Waals surface area (Å²) in [5.74, 6) is -15.7. The summed E-state index contributed by atoms with van der Waals surface area (Å²) in [7, 11) is 0. The lowest BCUT2D eigenvalue weighted by Crippen LogP contribution is -2.65. The monoisotopic (exact) mass is 906 g/mol. The van der Waals surface area contributed by atoms with Crippen LogP contribution in [0.3, 0.4) is 0 Å². The number of esters is 2. The van der Waals surface area contributed by atoms with Crippen LogP contribution in [0.4, 0.5) is 22.0 Å². The molecule has 356 valence electrons. The van der Waals surface area contributed by atoms with Gasteiger partial charge in [-0.05, 0) is 12.8 Å². The van der Waals surface area contributed by atoms with Gasteiger partial charge >= 0.3 is 11.9 Å². The van der Waals surface area contributed by atoms with Crippen molar-refractivity contribution < 1.29 is 93.9 Å². The molecule has 0 radical (unpaired) electrons. The zero-order chi connectivity index (χ0) is 45.4. The van der Waals surface area contributed by atoms with Gasteiger partial charge in [0.15, 0.2) is 12.4 Å². The molecule has 2 aliphatic rings. The van der Waals surface area contributed by atoms with Gasteiger partial charge in [-0.2, -0.15) is 14.3 Å². The Balaban J connectivity index is 1.10. The number of benzene rings is 1. The second kappa shape index (κ2) is 29.3. The van der Waals surface area contributed by atoms with E-state index < -0.39 is 102 Å². The Hall–Kier alpha value is -3.24. The molecule has 1 amide bonds. The van der Waals surface area contributed by atoms with Crippen molar-refractivity contribution in [3.63, 3.8) is 0 Å². The van der Waals surface area contributed by atoms with Crippen molar-refractivity contribution in [2.75, 3.05) is 106 Å². The van der Waals surface area contributed by atoms with Crippen molar-refractivity contribution in [2.24, 2.45) is 5.92 Å². The Kier molecular flexibility index (Phi) is 25.1. The van der Waals surface area contributed by atoms with Gasteiger partial charge in [0.1, 0.15) is 18.2 Å². The third kappa shape index (κ3) is 18.5. The van der Waals surface area contributed by atoms with Crippen molar-refractivity contribution in [3.8, 4) is 5.75 Å². The van der Waals surface area contributed by atoms with Crippen LogP contribution >= 0.6 is 0 Å². The van der Waals surface area contributed by atoms with Crippen molar-refractivity contribution in [1.29, 1.82) is 0 Å². The van der Waals surface area contributed by atoms with Crippen LogP contribution in [0, 0.1) is 35.0 Å². The molecule has 5 N–H and O–H groups in total. The number of nitrogens with zero attached hydrogens (tertiary/aromatic N) is 1. The molecule has 62 heavy (non-hydrogen) atoms. The molecule has 0 spiro atoms. The number of carbonyl (C=O) groups excluding carboxylic acids is 3. The van der Waals surface area contributed by atoms with E-state index >= 15 is 0 Å². The molecule has 3 rings (SSSR count). The van der Waals surface area contributed by atoms with Crippen LogP contribution in [-0.2, 0) is 57.0 Å². The number of hydrogen-bond donors (Lipinski definition) is 5. The molecule has 1 aromatic carbocycles. The standard InChI is InChI=1S/C38H59F5N4O15/c1-23(2)37(52)62-36-33(44-24(3)49)38(60-26(22-48)34(36)51)59-8-4-5-25-21-47(46-45-25)7-10-54-12-14-56-16-18-58-20-19-57-17-15-55-13-11-53-9-6-27(50)61-35-31(42)29(40)28(39)30(41)32(35)43/h23,25-26,33-34,36,38,45-46,48,51H,4-22H2,1-3H3,(H,44,49)/t25?,26-,33-,34+,36-,38-/m1/s1. The van der Waals surface area contributed by atoms with E-state index in [1.807, 2.05) is 5.01 Å². The Morgan fingerprint density at radius 2 is 1.31 bits per heavy atom. The molecular weight excluding hydrogens is 847 g/mol. The highest BCUT2D eigenvalue weighted by molar-refractivity contribution is 5.74. The number of carbonyl (C=O) groups is 3. The normalized spacial score (nSPS) is 21.7. The van der Waals surface area contributed by atoms with Crippen molar-refractivity contribution in [2.45, 2.75) is 76.7 Å². The Bertz CT molecular complexity index is 1480. The lowest BCUT2D eigenvalue weighted by Gasteiger charge is -2.43. The molecule has 0 aliphatic carbocycles. The van der Waals surface area contributed by atoms with Crippen LogP contribution in [0.15, 0.2) is 0 Å². The van der Waals surface area contributed by atoms with E-state index in [1.165, 1.54) is 6.92 Å². The summed E-state index contributed by atoms with van der Waals surface area (Å²) in [6.45, 7) is 8.79. The van der Waals surface area contributed by atoms with Gasteiger partial charge < -0.3 is 62.9 Å². The summed E-state index contributed by atoms with van der Waals surface area (Å²) in [6, 6.07) is -0.863. The lowest BCUT2D eigenvalue weighted by molar-refractivity contribution is -0.274. The number of aliphatic hydroxyl groups excluding tert-OH is 2. The second-order valence-corrected chi connectivity index (χ2v) is 14.2. The zero-order valence-corrected chi connectivity index (χ0v) is 35.0. The Morgan fingerprint density at radius 1 is 0.790 bits per heavy atom. The quantitative estimate of drug-likeness (QED) is 0.0170. The highest BCUT2D eigenvalue weighted by Gasteiger charge is 2.48. The fourth-order valence-corrected chi connectivity index (χ4v) is 5.76. The van der Waals surface area contributed by atoms with Gasteiger partial charge in [0.2, 0.25) is 40.7 Å². The van der Waals surface area contributed by atoms with Crippen LogP contribution in [0.1, 0.15) is 40.0 Å².